The van der Waals surface area contributed by atoms with Gasteiger partial charge in [-0.25, -0.2) is 0 Å². The van der Waals surface area contributed by atoms with E-state index in [1.807, 2.05) is 36.4 Å². The van der Waals surface area contributed by atoms with Crippen LogP contribution in [0, 0.1) is 5.92 Å². The number of piperidine rings is 1. The van der Waals surface area contributed by atoms with Crippen LogP contribution in [0.25, 0.3) is 0 Å². The molecule has 0 aliphatic carbocycles. The fourth-order valence-corrected chi connectivity index (χ4v) is 4.00. The van der Waals surface area contributed by atoms with Crippen LogP contribution in [-0.4, -0.2) is 29.4 Å². The quantitative estimate of drug-likeness (QED) is 0.783. The van der Waals surface area contributed by atoms with E-state index in [9.17, 15) is 4.79 Å². The van der Waals surface area contributed by atoms with Gasteiger partial charge in [0.05, 0.1) is 0 Å². The van der Waals surface area contributed by atoms with Crippen molar-refractivity contribution in [2.45, 2.75) is 45.2 Å². The van der Waals surface area contributed by atoms with Gasteiger partial charge in [-0.15, -0.1) is 0 Å². The summed E-state index contributed by atoms with van der Waals surface area (Å²) < 4.78 is 0. The Bertz CT molecular complexity index is 752. The third kappa shape index (κ3) is 5.82. The first-order chi connectivity index (χ1) is 12.9. The molecule has 0 saturated carbocycles. The first-order valence-electron chi connectivity index (χ1n) is 9.75. The summed E-state index contributed by atoms with van der Waals surface area (Å²) in [6, 6.07) is 18.3. The number of carbonyl (C=O) groups is 1. The molecular weight excluding hydrogens is 356 g/mol. The van der Waals surface area contributed by atoms with E-state index in [-0.39, 0.29) is 17.4 Å². The summed E-state index contributed by atoms with van der Waals surface area (Å²) in [4.78, 5) is 15.2. The van der Waals surface area contributed by atoms with Crippen molar-refractivity contribution in [2.75, 3.05) is 13.1 Å². The molecule has 3 nitrogen and oxygen atoms in total. The predicted molar refractivity (Wildman–Crippen MR) is 112 cm³/mol. The number of benzene rings is 2. The number of hydrogen-bond acceptors (Lipinski definition) is 2. The lowest BCUT2D eigenvalue weighted by molar-refractivity contribution is -0.128. The lowest BCUT2D eigenvalue weighted by atomic mass is 9.91. The molecule has 4 heteroatoms. The molecular formula is C23H29ClN2O. The van der Waals surface area contributed by atoms with Gasteiger partial charge < -0.3 is 5.32 Å². The Morgan fingerprint density at radius 1 is 1.07 bits per heavy atom. The standard InChI is InChI=1S/C23H29ClN2O/c1-23(2,16-18-8-4-3-5-9-18)25-22(27)19-12-14-26(15-13-19)17-20-10-6-7-11-21(20)24/h3-11,19H,12-17H2,1-2H3,(H,25,27). The molecule has 1 N–H and O–H groups in total. The second-order valence-electron chi connectivity index (χ2n) is 8.18. The van der Waals surface area contributed by atoms with Gasteiger partial charge in [0.2, 0.25) is 5.91 Å². The molecule has 0 unspecified atom stereocenters. The fraction of sp³-hybridized carbons (Fsp3) is 0.435. The smallest absolute Gasteiger partial charge is 0.223 e. The molecule has 1 fully saturated rings. The van der Waals surface area contributed by atoms with Crippen LogP contribution >= 0.6 is 11.6 Å². The Morgan fingerprint density at radius 2 is 1.70 bits per heavy atom. The third-order valence-electron chi connectivity index (χ3n) is 5.26. The zero-order chi connectivity index (χ0) is 19.3. The van der Waals surface area contributed by atoms with Crippen LogP contribution in [0.4, 0.5) is 0 Å². The molecule has 0 bridgehead atoms. The first kappa shape index (κ1) is 19.9. The third-order valence-corrected chi connectivity index (χ3v) is 5.63. The van der Waals surface area contributed by atoms with Crippen molar-refractivity contribution in [3.05, 3.63) is 70.7 Å². The number of amides is 1. The Labute approximate surface area is 167 Å². The second-order valence-corrected chi connectivity index (χ2v) is 8.58. The van der Waals surface area contributed by atoms with Crippen molar-refractivity contribution < 1.29 is 4.79 Å². The van der Waals surface area contributed by atoms with E-state index >= 15 is 0 Å². The topological polar surface area (TPSA) is 32.3 Å². The molecule has 1 aliphatic heterocycles. The van der Waals surface area contributed by atoms with E-state index in [2.05, 4.69) is 42.3 Å². The van der Waals surface area contributed by atoms with E-state index < -0.39 is 0 Å². The van der Waals surface area contributed by atoms with Crippen LogP contribution in [0.5, 0.6) is 0 Å². The van der Waals surface area contributed by atoms with Gasteiger partial charge in [-0.1, -0.05) is 60.1 Å². The number of nitrogens with zero attached hydrogens (tertiary/aromatic N) is 1. The minimum atomic E-state index is -0.243. The maximum absolute atomic E-state index is 12.8. The van der Waals surface area contributed by atoms with E-state index in [0.29, 0.717) is 0 Å². The Hall–Kier alpha value is -1.84. The Morgan fingerprint density at radius 3 is 2.37 bits per heavy atom. The van der Waals surface area contributed by atoms with Crippen molar-refractivity contribution in [3.8, 4) is 0 Å². The summed E-state index contributed by atoms with van der Waals surface area (Å²) in [5.74, 6) is 0.288. The predicted octanol–water partition coefficient (Wildman–Crippen LogP) is 4.69. The lowest BCUT2D eigenvalue weighted by Crippen LogP contribution is -2.49. The largest absolute Gasteiger partial charge is 0.351 e. The van der Waals surface area contributed by atoms with E-state index in [1.54, 1.807) is 0 Å². The molecule has 2 aromatic rings. The molecule has 144 valence electrons. The normalized spacial score (nSPS) is 16.3. The number of nitrogens with one attached hydrogen (secondary N) is 1. The fourth-order valence-electron chi connectivity index (χ4n) is 3.81. The van der Waals surface area contributed by atoms with Gasteiger partial charge in [-0.2, -0.15) is 0 Å². The van der Waals surface area contributed by atoms with E-state index in [4.69, 9.17) is 11.6 Å². The summed E-state index contributed by atoms with van der Waals surface area (Å²) in [5.41, 5.74) is 2.16. The van der Waals surface area contributed by atoms with Gasteiger partial charge in [0, 0.05) is 23.0 Å². The highest BCUT2D eigenvalue weighted by atomic mass is 35.5. The van der Waals surface area contributed by atoms with Gasteiger partial charge in [0.15, 0.2) is 0 Å². The summed E-state index contributed by atoms with van der Waals surface area (Å²) in [6.07, 6.45) is 2.64. The summed E-state index contributed by atoms with van der Waals surface area (Å²) in [7, 11) is 0. The van der Waals surface area contributed by atoms with Crippen LogP contribution in [0.2, 0.25) is 5.02 Å². The number of rotatable bonds is 6. The summed E-state index contributed by atoms with van der Waals surface area (Å²) in [6.45, 7) is 6.92. The number of hydrogen-bond donors (Lipinski definition) is 1. The molecule has 3 rings (SSSR count). The highest BCUT2D eigenvalue weighted by Crippen LogP contribution is 2.23. The molecule has 0 aromatic heterocycles. The summed E-state index contributed by atoms with van der Waals surface area (Å²) in [5, 5.41) is 4.09. The molecule has 27 heavy (non-hydrogen) atoms. The van der Waals surface area contributed by atoms with E-state index in [0.717, 1.165) is 49.5 Å². The van der Waals surface area contributed by atoms with Crippen LogP contribution in [0.15, 0.2) is 54.6 Å². The van der Waals surface area contributed by atoms with Crippen LogP contribution in [0.1, 0.15) is 37.8 Å². The van der Waals surface area contributed by atoms with Crippen molar-refractivity contribution in [1.29, 1.82) is 0 Å². The number of likely N-dealkylation sites (tertiary alicyclic amines) is 1. The van der Waals surface area contributed by atoms with Gasteiger partial charge in [0.25, 0.3) is 0 Å². The average molecular weight is 385 g/mol. The molecule has 1 aliphatic rings. The molecule has 2 aromatic carbocycles. The van der Waals surface area contributed by atoms with Crippen molar-refractivity contribution in [3.63, 3.8) is 0 Å². The van der Waals surface area contributed by atoms with Crippen LogP contribution in [-0.2, 0) is 17.8 Å². The van der Waals surface area contributed by atoms with Gasteiger partial charge >= 0.3 is 0 Å². The Balaban J connectivity index is 1.48. The van der Waals surface area contributed by atoms with Crippen molar-refractivity contribution in [2.24, 2.45) is 5.92 Å². The average Bonchev–Trinajstić information content (AvgIpc) is 2.64. The maximum Gasteiger partial charge on any atom is 0.223 e. The molecule has 1 saturated heterocycles. The lowest BCUT2D eigenvalue weighted by Gasteiger charge is -2.34. The van der Waals surface area contributed by atoms with E-state index in [1.165, 1.54) is 5.56 Å². The summed E-state index contributed by atoms with van der Waals surface area (Å²) >= 11 is 6.27. The van der Waals surface area contributed by atoms with Gasteiger partial charge in [-0.3, -0.25) is 9.69 Å². The van der Waals surface area contributed by atoms with Crippen molar-refractivity contribution in [1.82, 2.24) is 10.2 Å². The van der Waals surface area contributed by atoms with Crippen LogP contribution < -0.4 is 5.32 Å². The maximum atomic E-state index is 12.8. The molecule has 0 radical (unpaired) electrons. The molecule has 0 spiro atoms. The van der Waals surface area contributed by atoms with Crippen LogP contribution in [0.3, 0.4) is 0 Å². The zero-order valence-corrected chi connectivity index (χ0v) is 17.0. The molecule has 0 atom stereocenters. The minimum Gasteiger partial charge on any atom is -0.351 e. The highest BCUT2D eigenvalue weighted by Gasteiger charge is 2.29. The number of halogens is 1. The monoisotopic (exact) mass is 384 g/mol. The van der Waals surface area contributed by atoms with Gasteiger partial charge in [0.1, 0.15) is 0 Å². The second kappa shape index (κ2) is 8.90. The van der Waals surface area contributed by atoms with Crippen molar-refractivity contribution >= 4 is 17.5 Å². The minimum absolute atomic E-state index is 0.0996. The Kier molecular flexibility index (Phi) is 6.56. The molecule has 1 heterocycles. The molecule has 1 amide bonds. The van der Waals surface area contributed by atoms with Gasteiger partial charge in [-0.05, 0) is 63.4 Å². The SMILES string of the molecule is CC(C)(Cc1ccccc1)NC(=O)C1CCN(Cc2ccccc2Cl)CC1. The zero-order valence-electron chi connectivity index (χ0n) is 16.2. The highest BCUT2D eigenvalue weighted by molar-refractivity contribution is 6.31. The first-order valence-corrected chi connectivity index (χ1v) is 10.1. The number of carbonyl (C=O) groups excluding carboxylic acids is 1.